The molecular formula is C20H14F3N7O2S. The van der Waals surface area contributed by atoms with E-state index in [0.29, 0.717) is 16.9 Å². The van der Waals surface area contributed by atoms with Gasteiger partial charge in [-0.05, 0) is 12.1 Å². The van der Waals surface area contributed by atoms with Gasteiger partial charge in [0.2, 0.25) is 9.84 Å². The van der Waals surface area contributed by atoms with E-state index in [9.17, 15) is 12.8 Å². The standard InChI is InChI=1S/C20H14F3N7O2S/c1-30-26-8-14(29-30)33(31,32)9-10-2-5-13(21)15(16(10)22)11-3-4-12-18(17(11)23)27-28-19(12)20-24-6-7-25-20/h2-8H,9H2,1H3,(H,24,25)(H,27,28). The van der Waals surface area contributed by atoms with Crippen LogP contribution in [-0.2, 0) is 22.6 Å². The molecule has 13 heteroatoms. The summed E-state index contributed by atoms with van der Waals surface area (Å²) < 4.78 is 70.5. The molecular weight excluding hydrogens is 459 g/mol. The highest BCUT2D eigenvalue weighted by atomic mass is 32.2. The molecule has 0 bridgehead atoms. The van der Waals surface area contributed by atoms with E-state index in [0.717, 1.165) is 23.1 Å². The smallest absolute Gasteiger partial charge is 0.203 e. The highest BCUT2D eigenvalue weighted by Gasteiger charge is 2.26. The lowest BCUT2D eigenvalue weighted by molar-refractivity contribution is 0.567. The second-order valence-corrected chi connectivity index (χ2v) is 9.12. The second kappa shape index (κ2) is 7.55. The fourth-order valence-electron chi connectivity index (χ4n) is 3.53. The maximum absolute atomic E-state index is 15.3. The van der Waals surface area contributed by atoms with Gasteiger partial charge in [-0.2, -0.15) is 15.0 Å². The first-order chi connectivity index (χ1) is 15.8. The second-order valence-electron chi connectivity index (χ2n) is 7.19. The molecule has 3 aromatic heterocycles. The normalized spacial score (nSPS) is 12.0. The monoisotopic (exact) mass is 473 g/mol. The number of hydrogen-bond donors (Lipinski definition) is 2. The highest BCUT2D eigenvalue weighted by Crippen LogP contribution is 2.35. The van der Waals surface area contributed by atoms with E-state index in [-0.39, 0.29) is 16.1 Å². The number of H-pyrrole nitrogens is 2. The molecule has 0 radical (unpaired) electrons. The van der Waals surface area contributed by atoms with Crippen LogP contribution in [0.4, 0.5) is 13.2 Å². The molecule has 0 saturated heterocycles. The van der Waals surface area contributed by atoms with E-state index in [4.69, 9.17) is 0 Å². The van der Waals surface area contributed by atoms with Crippen LogP contribution in [0.25, 0.3) is 33.5 Å². The predicted octanol–water partition coefficient (Wildman–Crippen LogP) is 3.14. The summed E-state index contributed by atoms with van der Waals surface area (Å²) in [4.78, 5) is 8.00. The van der Waals surface area contributed by atoms with Crippen LogP contribution < -0.4 is 0 Å². The van der Waals surface area contributed by atoms with E-state index >= 15 is 8.78 Å². The van der Waals surface area contributed by atoms with E-state index in [1.54, 1.807) is 6.20 Å². The van der Waals surface area contributed by atoms with E-state index in [1.807, 2.05) is 0 Å². The van der Waals surface area contributed by atoms with Crippen molar-refractivity contribution < 1.29 is 21.6 Å². The summed E-state index contributed by atoms with van der Waals surface area (Å²) in [6.07, 6.45) is 4.12. The summed E-state index contributed by atoms with van der Waals surface area (Å²) >= 11 is 0. The van der Waals surface area contributed by atoms with Crippen molar-refractivity contribution >= 4 is 20.7 Å². The number of nitrogens with zero attached hydrogens (tertiary/aromatic N) is 5. The van der Waals surface area contributed by atoms with Gasteiger partial charge >= 0.3 is 0 Å². The van der Waals surface area contributed by atoms with Crippen molar-refractivity contribution in [1.29, 1.82) is 0 Å². The molecule has 2 N–H and O–H groups in total. The van der Waals surface area contributed by atoms with Crippen LogP contribution in [0.2, 0.25) is 0 Å². The predicted molar refractivity (Wildman–Crippen MR) is 111 cm³/mol. The molecule has 0 aliphatic rings. The first-order valence-electron chi connectivity index (χ1n) is 9.49. The lowest BCUT2D eigenvalue weighted by Crippen LogP contribution is -2.09. The molecule has 3 heterocycles. The molecule has 5 rings (SSSR count). The third-order valence-corrected chi connectivity index (χ3v) is 6.60. The van der Waals surface area contributed by atoms with Crippen LogP contribution in [0.3, 0.4) is 0 Å². The van der Waals surface area contributed by atoms with E-state index in [1.165, 1.54) is 25.4 Å². The highest BCUT2D eigenvalue weighted by molar-refractivity contribution is 7.90. The average molecular weight is 473 g/mol. The van der Waals surface area contributed by atoms with Crippen molar-refractivity contribution in [2.45, 2.75) is 10.8 Å². The maximum Gasteiger partial charge on any atom is 0.203 e. The minimum absolute atomic E-state index is 0.143. The van der Waals surface area contributed by atoms with Crippen molar-refractivity contribution in [2.24, 2.45) is 7.05 Å². The third-order valence-electron chi connectivity index (χ3n) is 5.08. The number of aromatic amines is 2. The number of hydrogen-bond acceptors (Lipinski definition) is 6. The Labute approximate surface area is 184 Å². The Balaban J connectivity index is 1.61. The summed E-state index contributed by atoms with van der Waals surface area (Å²) in [5.41, 5.74) is -1.16. The van der Waals surface area contributed by atoms with Crippen molar-refractivity contribution in [1.82, 2.24) is 35.2 Å². The minimum atomic E-state index is -4.07. The molecule has 0 saturated carbocycles. The number of aryl methyl sites for hydroxylation is 1. The number of imidazole rings is 1. The Morgan fingerprint density at radius 1 is 1.09 bits per heavy atom. The number of halogens is 3. The molecule has 168 valence electrons. The Morgan fingerprint density at radius 3 is 2.61 bits per heavy atom. The number of nitrogens with one attached hydrogen (secondary N) is 2. The van der Waals surface area contributed by atoms with Gasteiger partial charge in [0.25, 0.3) is 0 Å². The van der Waals surface area contributed by atoms with Gasteiger partial charge in [0, 0.05) is 36.0 Å². The van der Waals surface area contributed by atoms with Crippen LogP contribution in [0, 0.1) is 17.5 Å². The van der Waals surface area contributed by atoms with Gasteiger partial charge in [-0.15, -0.1) is 5.10 Å². The van der Waals surface area contributed by atoms with Crippen molar-refractivity contribution in [3.05, 3.63) is 65.9 Å². The van der Waals surface area contributed by atoms with Crippen LogP contribution in [0.1, 0.15) is 5.56 Å². The maximum atomic E-state index is 15.3. The Morgan fingerprint density at radius 2 is 1.91 bits per heavy atom. The molecule has 0 fully saturated rings. The fourth-order valence-corrected chi connectivity index (χ4v) is 4.76. The van der Waals surface area contributed by atoms with Crippen LogP contribution in [-0.4, -0.2) is 43.6 Å². The summed E-state index contributed by atoms with van der Waals surface area (Å²) in [6, 6.07) is 4.56. The van der Waals surface area contributed by atoms with Gasteiger partial charge in [-0.1, -0.05) is 12.1 Å². The lowest BCUT2D eigenvalue weighted by atomic mass is 9.99. The molecule has 0 amide bonds. The van der Waals surface area contributed by atoms with E-state index in [2.05, 4.69) is 30.4 Å². The first kappa shape index (κ1) is 20.9. The largest absolute Gasteiger partial charge is 0.343 e. The molecule has 0 spiro atoms. The van der Waals surface area contributed by atoms with Gasteiger partial charge < -0.3 is 4.98 Å². The van der Waals surface area contributed by atoms with Crippen molar-refractivity contribution in [3.63, 3.8) is 0 Å². The van der Waals surface area contributed by atoms with Gasteiger partial charge in [0.15, 0.2) is 16.7 Å². The minimum Gasteiger partial charge on any atom is -0.343 e. The van der Waals surface area contributed by atoms with Crippen LogP contribution in [0.15, 0.2) is 47.9 Å². The molecule has 33 heavy (non-hydrogen) atoms. The molecule has 2 aromatic carbocycles. The van der Waals surface area contributed by atoms with Gasteiger partial charge in [-0.3, -0.25) is 5.10 Å². The summed E-state index contributed by atoms with van der Waals surface area (Å²) in [5.74, 6) is -3.60. The molecule has 9 nitrogen and oxygen atoms in total. The Bertz CT molecular complexity index is 1610. The number of aromatic nitrogens is 7. The summed E-state index contributed by atoms with van der Waals surface area (Å²) in [6.45, 7) is 0. The SMILES string of the molecule is Cn1ncc(S(=O)(=O)Cc2ccc(F)c(-c3ccc4c(-c5ncc[nH]5)[nH]nc4c3F)c2F)n1. The van der Waals surface area contributed by atoms with Crippen LogP contribution in [0.5, 0.6) is 0 Å². The molecule has 0 atom stereocenters. The quantitative estimate of drug-likeness (QED) is 0.404. The zero-order valence-electron chi connectivity index (χ0n) is 16.8. The first-order valence-corrected chi connectivity index (χ1v) is 11.1. The van der Waals surface area contributed by atoms with E-state index < -0.39 is 44.2 Å². The third kappa shape index (κ3) is 3.46. The molecule has 0 aliphatic heterocycles. The summed E-state index contributed by atoms with van der Waals surface area (Å²) in [5, 5.41) is 14.0. The number of benzene rings is 2. The number of sulfone groups is 1. The van der Waals surface area contributed by atoms with Crippen LogP contribution >= 0.6 is 0 Å². The number of rotatable bonds is 5. The van der Waals surface area contributed by atoms with Gasteiger partial charge in [0.05, 0.1) is 17.5 Å². The zero-order valence-corrected chi connectivity index (χ0v) is 17.7. The number of fused-ring (bicyclic) bond motifs is 1. The Kier molecular flexibility index (Phi) is 4.78. The van der Waals surface area contributed by atoms with Crippen molar-refractivity contribution in [2.75, 3.05) is 0 Å². The van der Waals surface area contributed by atoms with Crippen molar-refractivity contribution in [3.8, 4) is 22.6 Å². The molecule has 5 aromatic rings. The zero-order chi connectivity index (χ0) is 23.3. The fraction of sp³-hybridized carbons (Fsp3) is 0.100. The van der Waals surface area contributed by atoms with Gasteiger partial charge in [0.1, 0.15) is 22.8 Å². The topological polar surface area (TPSA) is 122 Å². The average Bonchev–Trinajstić information content (AvgIpc) is 3.52. The Hall–Kier alpha value is -4.00. The lowest BCUT2D eigenvalue weighted by Gasteiger charge is -2.11. The summed E-state index contributed by atoms with van der Waals surface area (Å²) in [7, 11) is -2.64. The molecule has 0 unspecified atom stereocenters. The molecule has 0 aliphatic carbocycles. The van der Waals surface area contributed by atoms with Gasteiger partial charge in [-0.25, -0.2) is 26.6 Å².